The van der Waals surface area contributed by atoms with Gasteiger partial charge < -0.3 is 10.1 Å². The molecule has 174 valence electrons. The van der Waals surface area contributed by atoms with Crippen LogP contribution in [-0.4, -0.2) is 32.7 Å². The molecule has 1 heterocycles. The van der Waals surface area contributed by atoms with Crippen LogP contribution in [0.1, 0.15) is 61.4 Å². The molecule has 1 N–H and O–H groups in total. The van der Waals surface area contributed by atoms with E-state index in [0.717, 1.165) is 28.0 Å². The number of ether oxygens (including phenoxy) is 1. The first-order valence-corrected chi connectivity index (χ1v) is 12.8. The van der Waals surface area contributed by atoms with Gasteiger partial charge in [-0.3, -0.25) is 9.10 Å². The largest absolute Gasteiger partial charge is 0.487 e. The number of hydrogen-bond donors (Lipinski definition) is 1. The minimum atomic E-state index is -3.46. The smallest absolute Gasteiger partial charge is 0.232 e. The second-order valence-electron chi connectivity index (χ2n) is 9.38. The molecule has 6 nitrogen and oxygen atoms in total. The van der Waals surface area contributed by atoms with E-state index in [4.69, 9.17) is 4.74 Å². The van der Waals surface area contributed by atoms with Crippen molar-refractivity contribution in [3.63, 3.8) is 0 Å². The highest BCUT2D eigenvalue weighted by molar-refractivity contribution is 7.92. The number of hydrogen-bond acceptors (Lipinski definition) is 4. The van der Waals surface area contributed by atoms with Crippen molar-refractivity contribution in [2.24, 2.45) is 0 Å². The summed E-state index contributed by atoms with van der Waals surface area (Å²) in [6.07, 6.45) is 2.56. The number of rotatable bonds is 7. The van der Waals surface area contributed by atoms with Gasteiger partial charge in [-0.25, -0.2) is 8.42 Å². The number of carbonyl (C=O) groups excluding carboxylic acids is 1. The number of benzene rings is 2. The Morgan fingerprint density at radius 3 is 2.59 bits per heavy atom. The van der Waals surface area contributed by atoms with Crippen LogP contribution in [0.25, 0.3) is 0 Å². The average molecular weight is 459 g/mol. The average Bonchev–Trinajstić information content (AvgIpc) is 2.67. The van der Waals surface area contributed by atoms with Crippen LogP contribution in [0.15, 0.2) is 36.4 Å². The minimum Gasteiger partial charge on any atom is -0.487 e. The summed E-state index contributed by atoms with van der Waals surface area (Å²) < 4.78 is 32.4. The van der Waals surface area contributed by atoms with Crippen LogP contribution in [0, 0.1) is 20.8 Å². The van der Waals surface area contributed by atoms with E-state index in [-0.39, 0.29) is 30.5 Å². The normalized spacial score (nSPS) is 17.2. The summed E-state index contributed by atoms with van der Waals surface area (Å²) >= 11 is 0. The zero-order valence-electron chi connectivity index (χ0n) is 19.9. The van der Waals surface area contributed by atoms with Crippen LogP contribution in [0.4, 0.5) is 5.69 Å². The van der Waals surface area contributed by atoms with Crippen LogP contribution >= 0.6 is 0 Å². The molecule has 0 spiro atoms. The molecule has 3 rings (SSSR count). The first kappa shape index (κ1) is 24.1. The Kier molecular flexibility index (Phi) is 6.89. The monoisotopic (exact) mass is 458 g/mol. The summed E-state index contributed by atoms with van der Waals surface area (Å²) in [5, 5.41) is 3.14. The highest BCUT2D eigenvalue weighted by Crippen LogP contribution is 2.40. The topological polar surface area (TPSA) is 75.7 Å². The van der Waals surface area contributed by atoms with Gasteiger partial charge in [0, 0.05) is 24.9 Å². The molecule has 0 bridgehead atoms. The van der Waals surface area contributed by atoms with Gasteiger partial charge >= 0.3 is 0 Å². The van der Waals surface area contributed by atoms with Crippen LogP contribution in [0.2, 0.25) is 0 Å². The van der Waals surface area contributed by atoms with E-state index in [1.807, 2.05) is 65.0 Å². The molecule has 0 aliphatic carbocycles. The van der Waals surface area contributed by atoms with Crippen molar-refractivity contribution in [1.29, 1.82) is 0 Å². The summed E-state index contributed by atoms with van der Waals surface area (Å²) in [5.41, 5.74) is 4.36. The highest BCUT2D eigenvalue weighted by atomic mass is 32.2. The Hall–Kier alpha value is -2.54. The van der Waals surface area contributed by atoms with Gasteiger partial charge in [0.25, 0.3) is 0 Å². The predicted molar refractivity (Wildman–Crippen MR) is 129 cm³/mol. The van der Waals surface area contributed by atoms with Crippen molar-refractivity contribution in [2.75, 3.05) is 17.1 Å². The van der Waals surface area contributed by atoms with Crippen molar-refractivity contribution in [1.82, 2.24) is 5.32 Å². The third-order valence-corrected chi connectivity index (χ3v) is 7.15. The molecule has 2 aromatic rings. The van der Waals surface area contributed by atoms with Crippen molar-refractivity contribution in [2.45, 2.75) is 65.5 Å². The van der Waals surface area contributed by atoms with Crippen LogP contribution < -0.4 is 14.4 Å². The molecule has 1 unspecified atom stereocenters. The van der Waals surface area contributed by atoms with Gasteiger partial charge in [0.1, 0.15) is 11.4 Å². The SMILES string of the molecule is Cc1ccc2c(c1)C(NC(=O)CCCN(c1cccc(C)c1C)S(C)(=O)=O)CC(C)(C)O2. The van der Waals surface area contributed by atoms with Crippen LogP contribution in [0.3, 0.4) is 0 Å². The Balaban J connectivity index is 1.68. The van der Waals surface area contributed by atoms with E-state index < -0.39 is 10.0 Å². The van der Waals surface area contributed by atoms with E-state index in [0.29, 0.717) is 18.5 Å². The summed E-state index contributed by atoms with van der Waals surface area (Å²) in [6.45, 7) is 10.2. The minimum absolute atomic E-state index is 0.0884. The number of fused-ring (bicyclic) bond motifs is 1. The lowest BCUT2D eigenvalue weighted by atomic mass is 9.89. The Bertz CT molecular complexity index is 1110. The molecular weight excluding hydrogens is 424 g/mol. The number of amides is 1. The highest BCUT2D eigenvalue weighted by Gasteiger charge is 2.34. The van der Waals surface area contributed by atoms with E-state index in [9.17, 15) is 13.2 Å². The second kappa shape index (κ2) is 9.14. The first-order chi connectivity index (χ1) is 14.9. The molecule has 1 aliphatic rings. The van der Waals surface area contributed by atoms with Crippen LogP contribution in [0.5, 0.6) is 5.75 Å². The third kappa shape index (κ3) is 5.63. The lowest BCUT2D eigenvalue weighted by Crippen LogP contribution is -2.41. The molecule has 0 saturated heterocycles. The van der Waals surface area contributed by atoms with Gasteiger partial charge in [0.05, 0.1) is 18.0 Å². The fraction of sp³-hybridized carbons (Fsp3) is 0.480. The molecule has 7 heteroatoms. The molecule has 0 aromatic heterocycles. The third-order valence-electron chi connectivity index (χ3n) is 5.97. The van der Waals surface area contributed by atoms with Crippen molar-refractivity contribution in [3.8, 4) is 5.75 Å². The number of nitrogens with zero attached hydrogens (tertiary/aromatic N) is 1. The number of carbonyl (C=O) groups is 1. The fourth-order valence-electron chi connectivity index (χ4n) is 4.22. The molecule has 0 fully saturated rings. The lowest BCUT2D eigenvalue weighted by Gasteiger charge is -2.38. The Morgan fingerprint density at radius 1 is 1.19 bits per heavy atom. The molecule has 32 heavy (non-hydrogen) atoms. The van der Waals surface area contributed by atoms with E-state index in [1.54, 1.807) is 0 Å². The maximum Gasteiger partial charge on any atom is 0.232 e. The summed E-state index contributed by atoms with van der Waals surface area (Å²) in [4.78, 5) is 12.8. The van der Waals surface area contributed by atoms with Crippen LogP contribution in [-0.2, 0) is 14.8 Å². The number of aryl methyl sites for hydroxylation is 2. The van der Waals surface area contributed by atoms with E-state index in [2.05, 4.69) is 11.4 Å². The zero-order chi connectivity index (χ0) is 23.7. The standard InChI is InChI=1S/C25H34N2O4S/c1-17-12-13-23-20(15-17)21(16-25(4,5)31-23)26-24(28)11-8-14-27(32(6,29)30)22-10-7-9-18(2)19(22)3/h7,9-10,12-13,15,21H,8,11,14,16H2,1-6H3,(H,26,28). The maximum atomic E-state index is 12.8. The number of sulfonamides is 1. The van der Waals surface area contributed by atoms with Gasteiger partial charge in [-0.2, -0.15) is 0 Å². The predicted octanol–water partition coefficient (Wildman–Crippen LogP) is 4.58. The summed E-state index contributed by atoms with van der Waals surface area (Å²) in [5.74, 6) is 0.713. The number of anilines is 1. The van der Waals surface area contributed by atoms with E-state index in [1.165, 1.54) is 10.6 Å². The molecule has 1 amide bonds. The molecule has 1 atom stereocenters. The zero-order valence-corrected chi connectivity index (χ0v) is 20.7. The number of nitrogens with one attached hydrogen (secondary N) is 1. The van der Waals surface area contributed by atoms with Gasteiger partial charge in [0.15, 0.2) is 0 Å². The van der Waals surface area contributed by atoms with Crippen molar-refractivity contribution in [3.05, 3.63) is 58.7 Å². The summed E-state index contributed by atoms with van der Waals surface area (Å²) in [7, 11) is -3.46. The fourth-order valence-corrected chi connectivity index (χ4v) is 5.24. The Labute approximate surface area is 192 Å². The van der Waals surface area contributed by atoms with Gasteiger partial charge in [-0.05, 0) is 64.3 Å². The maximum absolute atomic E-state index is 12.8. The van der Waals surface area contributed by atoms with Crippen molar-refractivity contribution >= 4 is 21.6 Å². The van der Waals surface area contributed by atoms with Gasteiger partial charge in [-0.15, -0.1) is 0 Å². The summed E-state index contributed by atoms with van der Waals surface area (Å²) in [6, 6.07) is 11.5. The van der Waals surface area contributed by atoms with E-state index >= 15 is 0 Å². The molecule has 0 radical (unpaired) electrons. The first-order valence-electron chi connectivity index (χ1n) is 11.0. The van der Waals surface area contributed by atoms with Gasteiger partial charge in [0.2, 0.25) is 15.9 Å². The lowest BCUT2D eigenvalue weighted by molar-refractivity contribution is -0.122. The molecule has 2 aromatic carbocycles. The Morgan fingerprint density at radius 2 is 1.91 bits per heavy atom. The molecular formula is C25H34N2O4S. The molecule has 0 saturated carbocycles. The van der Waals surface area contributed by atoms with Crippen molar-refractivity contribution < 1.29 is 17.9 Å². The second-order valence-corrected chi connectivity index (χ2v) is 11.3. The molecule has 1 aliphatic heterocycles. The van der Waals surface area contributed by atoms with Gasteiger partial charge in [-0.1, -0.05) is 29.8 Å². The quantitative estimate of drug-likeness (QED) is 0.659.